The summed E-state index contributed by atoms with van der Waals surface area (Å²) in [5.74, 6) is 0. The summed E-state index contributed by atoms with van der Waals surface area (Å²) in [6.45, 7) is 30.5. The minimum absolute atomic E-state index is 0.302. The van der Waals surface area contributed by atoms with Gasteiger partial charge in [-0.25, -0.2) is 28.1 Å². The molecule has 10 heteroatoms. The van der Waals surface area contributed by atoms with Gasteiger partial charge in [-0.1, -0.05) is 132 Å². The van der Waals surface area contributed by atoms with Gasteiger partial charge in [0.2, 0.25) is 0 Å². The van der Waals surface area contributed by atoms with Gasteiger partial charge in [-0.05, 0) is 13.8 Å². The van der Waals surface area contributed by atoms with Crippen LogP contribution in [0.25, 0.3) is 0 Å². The van der Waals surface area contributed by atoms with Crippen molar-refractivity contribution in [2.45, 2.75) is 78.6 Å². The molecule has 0 saturated carbocycles. The zero-order chi connectivity index (χ0) is 32.0. The Bertz CT molecular complexity index is 1570. The van der Waals surface area contributed by atoms with E-state index < -0.39 is 49.4 Å². The number of hydrogen-bond acceptors (Lipinski definition) is 3. The van der Waals surface area contributed by atoms with Crippen LogP contribution in [0.3, 0.4) is 0 Å². The lowest BCUT2D eigenvalue weighted by Crippen LogP contribution is -2.61. The molecule has 1 heterocycles. The van der Waals surface area contributed by atoms with Gasteiger partial charge in [0.1, 0.15) is 32.3 Å². The Morgan fingerprint density at radius 2 is 0.810 bits per heavy atom. The molecule has 0 amide bonds. The van der Waals surface area contributed by atoms with E-state index in [2.05, 4.69) is 128 Å². The van der Waals surface area contributed by atoms with E-state index in [1.54, 1.807) is 0 Å². The van der Waals surface area contributed by atoms with Gasteiger partial charge >= 0.3 is 17.1 Å². The molecule has 0 aliphatic carbocycles. The van der Waals surface area contributed by atoms with Crippen LogP contribution in [-0.4, -0.2) is 46.0 Å². The Kier molecular flexibility index (Phi) is 9.39. The van der Waals surface area contributed by atoms with Crippen molar-refractivity contribution in [3.05, 3.63) is 104 Å². The summed E-state index contributed by atoms with van der Waals surface area (Å²) in [7, 11) is -6.57. The SMILES string of the molecule is C=C(C)[Si](C)(C)c1ccc([Si](C)(C)Cn2c(=O)n(C)c(=O)n(C[Si](C)(C)c3ccc([Si](C)(C)C(=C)C)cc3)c2=O)cc1. The largest absolute Gasteiger partial charge is 0.335 e. The van der Waals surface area contributed by atoms with E-state index in [9.17, 15) is 14.4 Å². The minimum Gasteiger partial charge on any atom is -0.248 e. The van der Waals surface area contributed by atoms with Crippen LogP contribution in [0.5, 0.6) is 0 Å². The quantitative estimate of drug-likeness (QED) is 0.322. The standard InChI is InChI=1S/C32H49N3O3Si4/c1-24(2)41(10,11)28-18-14-26(15-19-28)39(6,7)22-34-30(36)33(5)31(37)35(32(34)38)23-40(8,9)27-16-20-29(21-17-27)42(12,13)25(3)4/h14-21H,1,3,22-23H2,2,4-13H3. The lowest BCUT2D eigenvalue weighted by Gasteiger charge is -2.28. The van der Waals surface area contributed by atoms with Gasteiger partial charge in [-0.15, -0.1) is 13.2 Å². The topological polar surface area (TPSA) is 66.0 Å². The summed E-state index contributed by atoms with van der Waals surface area (Å²) < 4.78 is 3.68. The fourth-order valence-corrected chi connectivity index (χ4v) is 12.8. The van der Waals surface area contributed by atoms with E-state index in [-0.39, 0.29) is 0 Å². The third-order valence-corrected chi connectivity index (χ3v) is 23.3. The zero-order valence-electron chi connectivity index (χ0n) is 27.5. The van der Waals surface area contributed by atoms with Crippen molar-refractivity contribution in [3.63, 3.8) is 0 Å². The van der Waals surface area contributed by atoms with Crippen LogP contribution in [0.4, 0.5) is 0 Å². The Morgan fingerprint density at radius 1 is 0.548 bits per heavy atom. The lowest BCUT2D eigenvalue weighted by atomic mass is 10.4. The third kappa shape index (κ3) is 6.41. The molecule has 0 N–H and O–H groups in total. The molecule has 0 saturated heterocycles. The highest BCUT2D eigenvalue weighted by Crippen LogP contribution is 2.14. The molecule has 226 valence electrons. The van der Waals surface area contributed by atoms with E-state index in [1.807, 2.05) is 0 Å². The fraction of sp³-hybridized carbons (Fsp3) is 0.406. The molecule has 1 aromatic heterocycles. The highest BCUT2D eigenvalue weighted by molar-refractivity contribution is 6.96. The molecule has 0 aliphatic rings. The molecule has 0 bridgehead atoms. The number of aromatic nitrogens is 3. The summed E-state index contributed by atoms with van der Waals surface area (Å²) >= 11 is 0. The van der Waals surface area contributed by atoms with Crippen LogP contribution >= 0.6 is 0 Å². The highest BCUT2D eigenvalue weighted by atomic mass is 28.3. The van der Waals surface area contributed by atoms with Crippen molar-refractivity contribution in [2.75, 3.05) is 0 Å². The average molecular weight is 636 g/mol. The van der Waals surface area contributed by atoms with E-state index >= 15 is 0 Å². The van der Waals surface area contributed by atoms with Crippen LogP contribution in [0.15, 0.2) is 86.5 Å². The van der Waals surface area contributed by atoms with Gasteiger partial charge in [0, 0.05) is 19.4 Å². The first kappa shape index (κ1) is 33.7. The smallest absolute Gasteiger partial charge is 0.248 e. The van der Waals surface area contributed by atoms with Gasteiger partial charge in [0.25, 0.3) is 0 Å². The second-order valence-electron chi connectivity index (χ2n) is 14.3. The molecule has 0 spiro atoms. The number of nitrogens with zero attached hydrogens (tertiary/aromatic N) is 3. The number of rotatable bonds is 10. The zero-order valence-corrected chi connectivity index (χ0v) is 31.5. The monoisotopic (exact) mass is 635 g/mol. The number of benzene rings is 2. The van der Waals surface area contributed by atoms with Crippen LogP contribution in [-0.2, 0) is 19.4 Å². The molecule has 42 heavy (non-hydrogen) atoms. The Morgan fingerprint density at radius 3 is 1.07 bits per heavy atom. The Balaban J connectivity index is 2.00. The van der Waals surface area contributed by atoms with Crippen LogP contribution in [0.2, 0.25) is 52.4 Å². The van der Waals surface area contributed by atoms with Gasteiger partial charge in [0.15, 0.2) is 0 Å². The summed E-state index contributed by atoms with van der Waals surface area (Å²) in [4.78, 5) is 40.4. The Labute approximate surface area is 255 Å². The van der Waals surface area contributed by atoms with Gasteiger partial charge in [-0.2, -0.15) is 0 Å². The molecule has 3 rings (SSSR count). The second kappa shape index (κ2) is 11.7. The highest BCUT2D eigenvalue weighted by Gasteiger charge is 2.32. The van der Waals surface area contributed by atoms with E-state index in [1.165, 1.54) is 47.3 Å². The van der Waals surface area contributed by atoms with Crippen LogP contribution in [0.1, 0.15) is 13.8 Å². The van der Waals surface area contributed by atoms with Crippen molar-refractivity contribution in [3.8, 4) is 0 Å². The molecule has 0 fully saturated rings. The van der Waals surface area contributed by atoms with Crippen LogP contribution in [0, 0.1) is 0 Å². The maximum atomic E-state index is 13.9. The molecular weight excluding hydrogens is 587 g/mol. The Hall–Kier alpha value is -2.80. The van der Waals surface area contributed by atoms with E-state index in [0.717, 1.165) is 4.57 Å². The molecule has 0 radical (unpaired) electrons. The summed E-state index contributed by atoms with van der Waals surface area (Å²) in [5, 5.41) is 7.42. The molecular formula is C32H49N3O3Si4. The predicted octanol–water partition coefficient (Wildman–Crippen LogP) is 3.08. The molecule has 3 aromatic rings. The lowest BCUT2D eigenvalue weighted by molar-refractivity contribution is 0.530. The first-order valence-corrected chi connectivity index (χ1v) is 27.0. The number of allylic oxidation sites excluding steroid dienone is 2. The van der Waals surface area contributed by atoms with Crippen molar-refractivity contribution in [1.82, 2.24) is 13.7 Å². The molecule has 6 nitrogen and oxygen atoms in total. The minimum atomic E-state index is -2.28. The van der Waals surface area contributed by atoms with Gasteiger partial charge in [-0.3, -0.25) is 0 Å². The predicted molar refractivity (Wildman–Crippen MR) is 191 cm³/mol. The summed E-state index contributed by atoms with van der Waals surface area (Å²) in [5.41, 5.74) is -1.61. The molecule has 0 atom stereocenters. The fourth-order valence-electron chi connectivity index (χ4n) is 5.17. The summed E-state index contributed by atoms with van der Waals surface area (Å²) in [6, 6.07) is 17.4. The van der Waals surface area contributed by atoms with Crippen molar-refractivity contribution >= 4 is 53.0 Å². The second-order valence-corrected chi connectivity index (χ2v) is 33.0. The average Bonchev–Trinajstić information content (AvgIpc) is 2.92. The molecule has 0 unspecified atom stereocenters. The molecule has 2 aromatic carbocycles. The normalized spacial score (nSPS) is 12.8. The maximum absolute atomic E-state index is 13.9. The number of hydrogen-bond donors (Lipinski definition) is 0. The summed E-state index contributed by atoms with van der Waals surface area (Å²) in [6.07, 6.45) is 0.605. The molecule has 0 aliphatic heterocycles. The van der Waals surface area contributed by atoms with E-state index in [4.69, 9.17) is 0 Å². The van der Waals surface area contributed by atoms with Crippen LogP contribution < -0.4 is 37.8 Å². The van der Waals surface area contributed by atoms with Gasteiger partial charge < -0.3 is 0 Å². The van der Waals surface area contributed by atoms with Crippen molar-refractivity contribution in [2.24, 2.45) is 7.05 Å². The van der Waals surface area contributed by atoms with E-state index in [0.29, 0.717) is 12.3 Å². The first-order chi connectivity index (χ1) is 19.1. The maximum Gasteiger partial charge on any atom is 0.335 e. The van der Waals surface area contributed by atoms with Crippen molar-refractivity contribution in [1.29, 1.82) is 0 Å². The first-order valence-electron chi connectivity index (χ1n) is 14.6. The van der Waals surface area contributed by atoms with Crippen molar-refractivity contribution < 1.29 is 0 Å². The third-order valence-electron chi connectivity index (χ3n) is 9.51. The van der Waals surface area contributed by atoms with Gasteiger partial charge in [0.05, 0.1) is 0 Å².